The van der Waals surface area contributed by atoms with Crippen LogP contribution in [0.3, 0.4) is 0 Å². The van der Waals surface area contributed by atoms with E-state index in [1.807, 2.05) is 0 Å². The Morgan fingerprint density at radius 2 is 1.75 bits per heavy atom. The maximum atomic E-state index is 12.5. The molecular formula is C16H16F3N3O5S. The fourth-order valence-corrected chi connectivity index (χ4v) is 3.14. The molecule has 3 N–H and O–H groups in total. The first-order valence-corrected chi connectivity index (χ1v) is 9.25. The van der Waals surface area contributed by atoms with Crippen molar-refractivity contribution in [3.8, 4) is 5.75 Å². The number of carbonyl (C=O) groups excluding carboxylic acids is 1. The van der Waals surface area contributed by atoms with Gasteiger partial charge in [0.25, 0.3) is 11.5 Å². The number of nitrogens with one attached hydrogen (secondary N) is 3. The average molecular weight is 419 g/mol. The molecule has 1 aromatic heterocycles. The van der Waals surface area contributed by atoms with Crippen LogP contribution in [0, 0.1) is 0 Å². The standard InChI is InChI=1S/C16H16F3N3O5S/c1-27-10-2-4-11(5-3-10)28(25,26)21-9-8-20-14(23)12-6-7-13(16(17,18)19)22-15(12)24/h2-7,21H,8-9H2,1H3,(H,20,23)(H,22,24). The van der Waals surface area contributed by atoms with E-state index in [9.17, 15) is 31.2 Å². The van der Waals surface area contributed by atoms with Gasteiger partial charge in [0, 0.05) is 13.1 Å². The van der Waals surface area contributed by atoms with Crippen LogP contribution in [-0.2, 0) is 16.2 Å². The molecule has 0 atom stereocenters. The van der Waals surface area contributed by atoms with Crippen molar-refractivity contribution in [3.05, 3.63) is 58.0 Å². The Morgan fingerprint density at radius 3 is 2.29 bits per heavy atom. The van der Waals surface area contributed by atoms with Crippen LogP contribution in [0.4, 0.5) is 13.2 Å². The van der Waals surface area contributed by atoms with E-state index >= 15 is 0 Å². The Bertz CT molecular complexity index is 1000. The molecule has 0 unspecified atom stereocenters. The number of ether oxygens (including phenoxy) is 1. The number of carbonyl (C=O) groups is 1. The lowest BCUT2D eigenvalue weighted by atomic mass is 10.2. The number of pyridine rings is 1. The van der Waals surface area contributed by atoms with Crippen molar-refractivity contribution in [3.63, 3.8) is 0 Å². The highest BCUT2D eigenvalue weighted by Crippen LogP contribution is 2.26. The molecule has 0 saturated carbocycles. The third-order valence-corrected chi connectivity index (χ3v) is 5.01. The molecular weight excluding hydrogens is 403 g/mol. The maximum Gasteiger partial charge on any atom is 0.431 e. The van der Waals surface area contributed by atoms with Crippen LogP contribution in [0.15, 0.2) is 46.1 Å². The Hall–Kier alpha value is -2.86. The summed E-state index contributed by atoms with van der Waals surface area (Å²) in [5, 5.41) is 2.25. The monoisotopic (exact) mass is 419 g/mol. The summed E-state index contributed by atoms with van der Waals surface area (Å²) in [6, 6.07) is 6.92. The predicted octanol–water partition coefficient (Wildman–Crippen LogP) is 1.11. The van der Waals surface area contributed by atoms with E-state index in [1.165, 1.54) is 31.4 Å². The first kappa shape index (κ1) is 21.4. The zero-order valence-electron chi connectivity index (χ0n) is 14.5. The van der Waals surface area contributed by atoms with E-state index < -0.39 is 38.9 Å². The summed E-state index contributed by atoms with van der Waals surface area (Å²) in [5.41, 5.74) is -3.00. The predicted molar refractivity (Wildman–Crippen MR) is 92.6 cm³/mol. The van der Waals surface area contributed by atoms with Crippen molar-refractivity contribution in [1.82, 2.24) is 15.0 Å². The summed E-state index contributed by atoms with van der Waals surface area (Å²) in [6.45, 7) is -0.382. The number of halogens is 3. The number of aromatic amines is 1. The van der Waals surface area contributed by atoms with E-state index in [2.05, 4.69) is 10.0 Å². The van der Waals surface area contributed by atoms with Crippen molar-refractivity contribution in [2.24, 2.45) is 0 Å². The van der Waals surface area contributed by atoms with Crippen LogP contribution in [-0.4, -0.2) is 39.5 Å². The van der Waals surface area contributed by atoms with Gasteiger partial charge in [0.05, 0.1) is 12.0 Å². The maximum absolute atomic E-state index is 12.5. The van der Waals surface area contributed by atoms with Crippen molar-refractivity contribution < 1.29 is 31.1 Å². The van der Waals surface area contributed by atoms with E-state index in [4.69, 9.17) is 4.74 Å². The number of benzene rings is 1. The van der Waals surface area contributed by atoms with Crippen molar-refractivity contribution in [2.75, 3.05) is 20.2 Å². The topological polar surface area (TPSA) is 117 Å². The minimum Gasteiger partial charge on any atom is -0.497 e. The Balaban J connectivity index is 1.92. The Kier molecular flexibility index (Phi) is 6.46. The number of methoxy groups -OCH3 is 1. The lowest BCUT2D eigenvalue weighted by molar-refractivity contribution is -0.141. The molecule has 0 radical (unpaired) electrons. The van der Waals surface area contributed by atoms with Crippen molar-refractivity contribution in [2.45, 2.75) is 11.1 Å². The highest BCUT2D eigenvalue weighted by atomic mass is 32.2. The summed E-state index contributed by atoms with van der Waals surface area (Å²) in [7, 11) is -2.39. The highest BCUT2D eigenvalue weighted by Gasteiger charge is 2.32. The van der Waals surface area contributed by atoms with Gasteiger partial charge in [0.15, 0.2) is 0 Å². The molecule has 2 aromatic rings. The van der Waals surface area contributed by atoms with Gasteiger partial charge in [0.1, 0.15) is 17.0 Å². The molecule has 0 spiro atoms. The van der Waals surface area contributed by atoms with Gasteiger partial charge >= 0.3 is 6.18 Å². The van der Waals surface area contributed by atoms with E-state index in [1.54, 1.807) is 4.98 Å². The lowest BCUT2D eigenvalue weighted by Crippen LogP contribution is -2.37. The number of hydrogen-bond donors (Lipinski definition) is 3. The van der Waals surface area contributed by atoms with Crippen molar-refractivity contribution in [1.29, 1.82) is 0 Å². The molecule has 0 bridgehead atoms. The first-order chi connectivity index (χ1) is 13.0. The lowest BCUT2D eigenvalue weighted by Gasteiger charge is -2.09. The molecule has 28 heavy (non-hydrogen) atoms. The van der Waals surface area contributed by atoms with E-state index in [0.29, 0.717) is 11.8 Å². The third kappa shape index (κ3) is 5.33. The summed E-state index contributed by atoms with van der Waals surface area (Å²) >= 11 is 0. The van der Waals surface area contributed by atoms with Crippen LogP contribution < -0.4 is 20.3 Å². The highest BCUT2D eigenvalue weighted by molar-refractivity contribution is 7.89. The second kappa shape index (κ2) is 8.44. The van der Waals surface area contributed by atoms with Crippen LogP contribution >= 0.6 is 0 Å². The Morgan fingerprint density at radius 1 is 1.11 bits per heavy atom. The van der Waals surface area contributed by atoms with Gasteiger partial charge in [-0.3, -0.25) is 9.59 Å². The van der Waals surface area contributed by atoms with Gasteiger partial charge < -0.3 is 15.0 Å². The molecule has 0 aliphatic heterocycles. The third-order valence-electron chi connectivity index (χ3n) is 3.53. The minimum absolute atomic E-state index is 0.0150. The second-order valence-electron chi connectivity index (χ2n) is 5.44. The number of aromatic nitrogens is 1. The normalized spacial score (nSPS) is 11.9. The van der Waals surface area contributed by atoms with Crippen LogP contribution in [0.2, 0.25) is 0 Å². The van der Waals surface area contributed by atoms with Crippen molar-refractivity contribution >= 4 is 15.9 Å². The second-order valence-corrected chi connectivity index (χ2v) is 7.21. The van der Waals surface area contributed by atoms with Gasteiger partial charge in [0.2, 0.25) is 10.0 Å². The molecule has 1 amide bonds. The number of H-pyrrole nitrogens is 1. The van der Waals surface area contributed by atoms with E-state index in [0.717, 1.165) is 6.07 Å². The molecule has 0 aliphatic rings. The average Bonchev–Trinajstić information content (AvgIpc) is 2.64. The smallest absolute Gasteiger partial charge is 0.431 e. The molecule has 2 rings (SSSR count). The Labute approximate surface area is 157 Å². The molecule has 0 fully saturated rings. The first-order valence-electron chi connectivity index (χ1n) is 7.77. The summed E-state index contributed by atoms with van der Waals surface area (Å²) in [5.74, 6) is -0.452. The molecule has 8 nitrogen and oxygen atoms in total. The van der Waals surface area contributed by atoms with Gasteiger partial charge in [-0.15, -0.1) is 0 Å². The zero-order valence-corrected chi connectivity index (χ0v) is 15.3. The summed E-state index contributed by atoms with van der Waals surface area (Å²) < 4.78 is 68.9. The van der Waals surface area contributed by atoms with Crippen LogP contribution in [0.25, 0.3) is 0 Å². The fraction of sp³-hybridized carbons (Fsp3) is 0.250. The van der Waals surface area contributed by atoms with E-state index in [-0.39, 0.29) is 18.0 Å². The number of sulfonamides is 1. The largest absolute Gasteiger partial charge is 0.497 e. The van der Waals surface area contributed by atoms with Gasteiger partial charge in [-0.05, 0) is 36.4 Å². The fourth-order valence-electron chi connectivity index (χ4n) is 2.11. The molecule has 12 heteroatoms. The molecule has 0 saturated heterocycles. The number of alkyl halides is 3. The zero-order chi connectivity index (χ0) is 20.9. The quantitative estimate of drug-likeness (QED) is 0.582. The van der Waals surface area contributed by atoms with Gasteiger partial charge in [-0.25, -0.2) is 13.1 Å². The van der Waals surface area contributed by atoms with Crippen LogP contribution in [0.5, 0.6) is 5.75 Å². The van der Waals surface area contributed by atoms with Gasteiger partial charge in [-0.1, -0.05) is 0 Å². The van der Waals surface area contributed by atoms with Gasteiger partial charge in [-0.2, -0.15) is 13.2 Å². The van der Waals surface area contributed by atoms with Crippen LogP contribution in [0.1, 0.15) is 16.1 Å². The number of rotatable bonds is 7. The minimum atomic E-state index is -4.74. The molecule has 1 heterocycles. The molecule has 0 aliphatic carbocycles. The SMILES string of the molecule is COc1ccc(S(=O)(=O)NCCNC(=O)c2ccc(C(F)(F)F)[nH]c2=O)cc1. The number of amides is 1. The summed E-state index contributed by atoms with van der Waals surface area (Å²) in [6.07, 6.45) is -4.74. The summed E-state index contributed by atoms with van der Waals surface area (Å²) in [4.78, 5) is 25.1. The molecule has 1 aromatic carbocycles. The number of hydrogen-bond acceptors (Lipinski definition) is 5. The molecule has 152 valence electrons.